The zero-order chi connectivity index (χ0) is 52.6. The molecule has 1 spiro atoms. The van der Waals surface area contributed by atoms with Crippen LogP contribution in [0.1, 0.15) is 59.2 Å². The maximum absolute atomic E-state index is 7.38. The predicted octanol–water partition coefficient (Wildman–Crippen LogP) is 20.3. The lowest BCUT2D eigenvalue weighted by Gasteiger charge is -2.41. The van der Waals surface area contributed by atoms with E-state index < -0.39 is 5.41 Å². The van der Waals surface area contributed by atoms with Crippen molar-refractivity contribution >= 4 is 39.6 Å². The maximum atomic E-state index is 7.38. The van der Waals surface area contributed by atoms with E-state index in [9.17, 15) is 0 Å². The van der Waals surface area contributed by atoms with Crippen LogP contribution in [-0.2, 0) is 5.41 Å². The third-order valence-corrected chi connectivity index (χ3v) is 15.8. The first kappa shape index (κ1) is 48.0. The second-order valence-corrected chi connectivity index (χ2v) is 20.3. The first-order chi connectivity index (χ1) is 38.5. The number of allylic oxidation sites excluding steroid dienone is 10. The third kappa shape index (κ3) is 8.32. The van der Waals surface area contributed by atoms with Gasteiger partial charge in [0.25, 0.3) is 0 Å². The summed E-state index contributed by atoms with van der Waals surface area (Å²) in [6.45, 7) is 6.59. The number of rotatable bonds is 11. The van der Waals surface area contributed by atoms with Crippen LogP contribution in [0.4, 0.5) is 28.4 Å². The minimum absolute atomic E-state index is 0.715. The van der Waals surface area contributed by atoms with E-state index in [1.165, 1.54) is 55.6 Å². The lowest BCUT2D eigenvalue weighted by Crippen LogP contribution is -2.32. The highest BCUT2D eigenvalue weighted by Crippen LogP contribution is 2.64. The van der Waals surface area contributed by atoms with Gasteiger partial charge in [-0.05, 0) is 155 Å². The highest BCUT2D eigenvalue weighted by atomic mass is 16.5. The molecule has 10 aromatic rings. The molecule has 78 heavy (non-hydrogen) atoms. The van der Waals surface area contributed by atoms with Gasteiger partial charge in [-0.25, -0.2) is 0 Å². The maximum Gasteiger partial charge on any atom is 0.156 e. The van der Waals surface area contributed by atoms with Crippen LogP contribution < -0.4 is 14.5 Å². The summed E-state index contributed by atoms with van der Waals surface area (Å²) in [6, 6.07) is 88.5. The smallest absolute Gasteiger partial charge is 0.156 e. The first-order valence-corrected chi connectivity index (χ1v) is 27.1. The van der Waals surface area contributed by atoms with Gasteiger partial charge in [0, 0.05) is 45.1 Å². The van der Waals surface area contributed by atoms with Gasteiger partial charge in [0.2, 0.25) is 0 Å². The zero-order valence-corrected chi connectivity index (χ0v) is 44.1. The Bertz CT molecular complexity index is 4030. The van der Waals surface area contributed by atoms with Crippen LogP contribution in [0.2, 0.25) is 0 Å². The summed E-state index contributed by atoms with van der Waals surface area (Å²) >= 11 is 0. The number of benzene rings is 10. The summed E-state index contributed by atoms with van der Waals surface area (Å²) < 4.78 is 7.38. The number of ether oxygens (including phenoxy) is 1. The van der Waals surface area contributed by atoms with Crippen molar-refractivity contribution in [1.29, 1.82) is 0 Å². The van der Waals surface area contributed by atoms with Crippen molar-refractivity contribution in [2.45, 2.75) is 32.6 Å². The zero-order valence-electron chi connectivity index (χ0n) is 44.1. The number of para-hydroxylation sites is 2. The molecule has 1 heterocycles. The third-order valence-electron chi connectivity index (χ3n) is 15.8. The first-order valence-electron chi connectivity index (χ1n) is 27.1. The number of anilines is 5. The average Bonchev–Trinajstić information content (AvgIpc) is 3.34. The van der Waals surface area contributed by atoms with Gasteiger partial charge < -0.3 is 14.5 Å². The molecule has 2 aliphatic carbocycles. The van der Waals surface area contributed by atoms with Crippen LogP contribution in [0.5, 0.6) is 11.5 Å². The molecule has 1 unspecified atom stereocenters. The fourth-order valence-corrected chi connectivity index (χ4v) is 12.3. The van der Waals surface area contributed by atoms with Gasteiger partial charge in [0.1, 0.15) is 5.75 Å². The van der Waals surface area contributed by atoms with Gasteiger partial charge in [-0.15, -0.1) is 0 Å². The lowest BCUT2D eigenvalue weighted by molar-refractivity contribution is 0.437. The van der Waals surface area contributed by atoms with Gasteiger partial charge in [-0.2, -0.15) is 0 Å². The molecule has 0 fully saturated rings. The van der Waals surface area contributed by atoms with Crippen LogP contribution in [0.25, 0.3) is 44.5 Å². The SMILES string of the molecule is C/C=C\C(=C(/C)N(c1ccc(-c2ccccc2)c(C)c1)c1ccc2c(c1)-c1ccccc1C21c2ccccc2Oc2c(N(c3ccc(C4=CCC=CC=C4)cc3)c3ccc(-c4ccccc4)cc3)cccc21)c1ccccc1. The van der Waals surface area contributed by atoms with E-state index in [-0.39, 0.29) is 0 Å². The topological polar surface area (TPSA) is 15.7 Å². The Morgan fingerprint density at radius 1 is 0.487 bits per heavy atom. The summed E-state index contributed by atoms with van der Waals surface area (Å²) in [7, 11) is 0. The molecule has 0 aromatic heterocycles. The summed E-state index contributed by atoms with van der Waals surface area (Å²) in [5, 5.41) is 0. The summed E-state index contributed by atoms with van der Waals surface area (Å²) in [5.41, 5.74) is 23.4. The van der Waals surface area contributed by atoms with Crippen LogP contribution in [0.15, 0.2) is 291 Å². The molecule has 10 aromatic carbocycles. The standard InChI is InChI=1S/C75H58N2O/c1-4-23-65(59-30-16-9-17-31-59)53(3)76(62-46-48-64(52(2)50-62)58-28-14-8-15-29-58)63-47-49-69-67(51-63)66-32-18-19-33-68(66)75(69)70-34-20-21-37-73(70)78-74-71(75)35-22-36-72(74)77(61-44-40-57(41-45-61)55-26-12-7-13-27-55)60-42-38-56(39-43-60)54-24-10-5-6-11-25-54/h4-10,12-51H,11H2,1-3H3/b23-4-,65-53-. The van der Waals surface area contributed by atoms with Crippen molar-refractivity contribution in [3.05, 3.63) is 330 Å². The molecule has 0 bridgehead atoms. The van der Waals surface area contributed by atoms with E-state index in [1.54, 1.807) is 0 Å². The molecule has 0 saturated heterocycles. The Hall–Kier alpha value is -9.70. The predicted molar refractivity (Wildman–Crippen MR) is 327 cm³/mol. The molecule has 1 aliphatic heterocycles. The highest BCUT2D eigenvalue weighted by molar-refractivity contribution is 5.94. The monoisotopic (exact) mass is 1000 g/mol. The number of fused-ring (bicyclic) bond motifs is 9. The molecule has 13 rings (SSSR count). The summed E-state index contributed by atoms with van der Waals surface area (Å²) in [4.78, 5) is 4.82. The lowest BCUT2D eigenvalue weighted by atomic mass is 9.66. The minimum atomic E-state index is -0.715. The van der Waals surface area contributed by atoms with Gasteiger partial charge in [-0.1, -0.05) is 225 Å². The molecule has 374 valence electrons. The van der Waals surface area contributed by atoms with Crippen LogP contribution in [-0.4, -0.2) is 0 Å². The van der Waals surface area contributed by atoms with E-state index in [1.807, 2.05) is 0 Å². The number of nitrogens with zero attached hydrogens (tertiary/aromatic N) is 2. The molecule has 3 heteroatoms. The van der Waals surface area contributed by atoms with E-state index in [4.69, 9.17) is 4.74 Å². The largest absolute Gasteiger partial charge is 0.454 e. The van der Waals surface area contributed by atoms with Crippen molar-refractivity contribution in [2.75, 3.05) is 9.80 Å². The number of aryl methyl sites for hydroxylation is 1. The van der Waals surface area contributed by atoms with E-state index in [0.29, 0.717) is 0 Å². The molecule has 1 atom stereocenters. The quantitative estimate of drug-likeness (QED) is 0.120. The van der Waals surface area contributed by atoms with Gasteiger partial charge in [0.15, 0.2) is 5.75 Å². The van der Waals surface area contributed by atoms with Crippen molar-refractivity contribution in [3.8, 4) is 44.9 Å². The van der Waals surface area contributed by atoms with E-state index in [2.05, 4.69) is 316 Å². The molecule has 0 radical (unpaired) electrons. The second kappa shape index (κ2) is 20.4. The van der Waals surface area contributed by atoms with Crippen LogP contribution in [0, 0.1) is 6.92 Å². The van der Waals surface area contributed by atoms with Crippen molar-refractivity contribution < 1.29 is 4.74 Å². The number of hydrogen-bond donors (Lipinski definition) is 0. The average molecular weight is 1000 g/mol. The highest BCUT2D eigenvalue weighted by Gasteiger charge is 2.52. The molecule has 3 aliphatic rings. The van der Waals surface area contributed by atoms with Gasteiger partial charge in [0.05, 0.1) is 11.1 Å². The normalized spacial score (nSPS) is 15.1. The van der Waals surface area contributed by atoms with E-state index >= 15 is 0 Å². The molecule has 0 N–H and O–H groups in total. The van der Waals surface area contributed by atoms with Crippen molar-refractivity contribution in [2.24, 2.45) is 0 Å². The second-order valence-electron chi connectivity index (χ2n) is 20.3. The van der Waals surface area contributed by atoms with Crippen LogP contribution in [0.3, 0.4) is 0 Å². The molecular formula is C75H58N2O. The molecule has 0 saturated carbocycles. The Labute approximate surface area is 459 Å². The van der Waals surface area contributed by atoms with Crippen molar-refractivity contribution in [1.82, 2.24) is 0 Å². The van der Waals surface area contributed by atoms with Gasteiger partial charge in [-0.3, -0.25) is 0 Å². The Balaban J connectivity index is 1.01. The Morgan fingerprint density at radius 2 is 1.08 bits per heavy atom. The summed E-state index contributed by atoms with van der Waals surface area (Å²) in [5.74, 6) is 1.67. The molecule has 0 amide bonds. The molecular weight excluding hydrogens is 945 g/mol. The Morgan fingerprint density at radius 3 is 1.81 bits per heavy atom. The molecule has 3 nitrogen and oxygen atoms in total. The van der Waals surface area contributed by atoms with Crippen LogP contribution >= 0.6 is 0 Å². The Kier molecular flexibility index (Phi) is 12.6. The van der Waals surface area contributed by atoms with Gasteiger partial charge >= 0.3 is 0 Å². The number of hydrogen-bond acceptors (Lipinski definition) is 3. The fourth-order valence-electron chi connectivity index (χ4n) is 12.3. The summed E-state index contributed by atoms with van der Waals surface area (Å²) in [6.07, 6.45) is 16.2. The van der Waals surface area contributed by atoms with E-state index in [0.717, 1.165) is 79.9 Å². The minimum Gasteiger partial charge on any atom is -0.454 e. The fraction of sp³-hybridized carbons (Fsp3) is 0.0667. The van der Waals surface area contributed by atoms with Crippen molar-refractivity contribution in [3.63, 3.8) is 0 Å².